The molecule has 6 heteroatoms. The predicted molar refractivity (Wildman–Crippen MR) is 86.9 cm³/mol. The summed E-state index contributed by atoms with van der Waals surface area (Å²) < 4.78 is 1.64. The molecule has 1 amide bonds. The highest BCUT2D eigenvalue weighted by atomic mass is 16.2. The van der Waals surface area contributed by atoms with Gasteiger partial charge in [-0.15, -0.1) is 0 Å². The van der Waals surface area contributed by atoms with Gasteiger partial charge in [0.25, 0.3) is 5.91 Å². The summed E-state index contributed by atoms with van der Waals surface area (Å²) in [6, 6.07) is 3.52. The Morgan fingerprint density at radius 3 is 2.48 bits per heavy atom. The Balaban J connectivity index is 1.82. The Morgan fingerprint density at radius 2 is 1.96 bits per heavy atom. The highest BCUT2D eigenvalue weighted by Crippen LogP contribution is 2.40. The lowest BCUT2D eigenvalue weighted by Gasteiger charge is -2.16. The van der Waals surface area contributed by atoms with Crippen molar-refractivity contribution in [3.63, 3.8) is 0 Å². The molecule has 122 valence electrons. The zero-order valence-electron chi connectivity index (χ0n) is 14.1. The Labute approximate surface area is 136 Å². The molecule has 2 heterocycles. The van der Waals surface area contributed by atoms with E-state index in [4.69, 9.17) is 0 Å². The standard InChI is InChI=1S/C17H23N5O/c1-17(2,3)13-10-12(22(4)21-13)16(23)20-14(11-6-7-11)15-18-8-5-9-19-15/h5,8-11,14H,6-7H2,1-4H3,(H,20,23). The van der Waals surface area contributed by atoms with E-state index in [0.29, 0.717) is 17.4 Å². The number of rotatable bonds is 4. The summed E-state index contributed by atoms with van der Waals surface area (Å²) in [6.07, 6.45) is 5.63. The predicted octanol–water partition coefficient (Wildman–Crippen LogP) is 2.39. The smallest absolute Gasteiger partial charge is 0.270 e. The number of carbonyl (C=O) groups is 1. The average Bonchev–Trinajstić information content (AvgIpc) is 3.26. The molecule has 0 aliphatic heterocycles. The minimum absolute atomic E-state index is 0.0886. The van der Waals surface area contributed by atoms with Gasteiger partial charge in [0.2, 0.25) is 0 Å². The first-order valence-electron chi connectivity index (χ1n) is 7.98. The van der Waals surface area contributed by atoms with E-state index in [-0.39, 0.29) is 17.4 Å². The van der Waals surface area contributed by atoms with Crippen molar-refractivity contribution >= 4 is 5.91 Å². The van der Waals surface area contributed by atoms with Crippen molar-refractivity contribution < 1.29 is 4.79 Å². The van der Waals surface area contributed by atoms with Gasteiger partial charge in [0.05, 0.1) is 11.7 Å². The Hall–Kier alpha value is -2.24. The normalized spacial score (nSPS) is 16.2. The number of amides is 1. The molecule has 0 radical (unpaired) electrons. The fourth-order valence-electron chi connectivity index (χ4n) is 2.56. The first-order chi connectivity index (χ1) is 10.9. The van der Waals surface area contributed by atoms with Gasteiger partial charge in [0.15, 0.2) is 5.82 Å². The van der Waals surface area contributed by atoms with Gasteiger partial charge >= 0.3 is 0 Å². The summed E-state index contributed by atoms with van der Waals surface area (Å²) in [6.45, 7) is 6.26. The number of nitrogens with zero attached hydrogens (tertiary/aromatic N) is 4. The minimum Gasteiger partial charge on any atom is -0.340 e. The van der Waals surface area contributed by atoms with Crippen molar-refractivity contribution in [3.8, 4) is 0 Å². The van der Waals surface area contributed by atoms with Crippen LogP contribution in [-0.4, -0.2) is 25.7 Å². The Morgan fingerprint density at radius 1 is 1.30 bits per heavy atom. The van der Waals surface area contributed by atoms with Gasteiger partial charge in [-0.05, 0) is 30.9 Å². The molecule has 3 rings (SSSR count). The first kappa shape index (κ1) is 15.6. The lowest BCUT2D eigenvalue weighted by Crippen LogP contribution is -2.32. The van der Waals surface area contributed by atoms with Gasteiger partial charge in [-0.2, -0.15) is 5.10 Å². The molecule has 2 aromatic heterocycles. The van der Waals surface area contributed by atoms with Crippen molar-refractivity contribution in [2.45, 2.75) is 45.1 Å². The lowest BCUT2D eigenvalue weighted by atomic mass is 9.92. The molecular weight excluding hydrogens is 290 g/mol. The van der Waals surface area contributed by atoms with Crippen LogP contribution >= 0.6 is 0 Å². The molecule has 1 N–H and O–H groups in total. The molecule has 1 aliphatic carbocycles. The molecule has 0 bridgehead atoms. The number of aromatic nitrogens is 4. The number of aryl methyl sites for hydroxylation is 1. The van der Waals surface area contributed by atoms with Gasteiger partial charge in [-0.3, -0.25) is 9.48 Å². The number of hydrogen-bond acceptors (Lipinski definition) is 4. The van der Waals surface area contributed by atoms with Crippen molar-refractivity contribution in [2.24, 2.45) is 13.0 Å². The maximum absolute atomic E-state index is 12.7. The van der Waals surface area contributed by atoms with Crippen LogP contribution in [0.2, 0.25) is 0 Å². The van der Waals surface area contributed by atoms with Crippen molar-refractivity contribution in [3.05, 3.63) is 41.7 Å². The summed E-state index contributed by atoms with van der Waals surface area (Å²) in [5, 5.41) is 7.56. The molecule has 0 spiro atoms. The molecule has 1 aliphatic rings. The number of carbonyl (C=O) groups excluding carboxylic acids is 1. The SMILES string of the molecule is Cn1nc(C(C)(C)C)cc1C(=O)NC(c1ncccn1)C1CC1. The van der Waals surface area contributed by atoms with Crippen molar-refractivity contribution in [2.75, 3.05) is 0 Å². The number of nitrogens with one attached hydrogen (secondary N) is 1. The minimum atomic E-state index is -0.128. The summed E-state index contributed by atoms with van der Waals surface area (Å²) >= 11 is 0. The van der Waals surface area contributed by atoms with Crippen LogP contribution in [0.1, 0.15) is 61.7 Å². The summed E-state index contributed by atoms with van der Waals surface area (Å²) in [7, 11) is 1.80. The van der Waals surface area contributed by atoms with Crippen LogP contribution in [-0.2, 0) is 12.5 Å². The molecule has 23 heavy (non-hydrogen) atoms. The molecule has 1 saturated carbocycles. The van der Waals surface area contributed by atoms with E-state index in [0.717, 1.165) is 18.5 Å². The second-order valence-electron chi connectivity index (χ2n) is 7.18. The molecule has 1 atom stereocenters. The van der Waals surface area contributed by atoms with E-state index in [1.165, 1.54) is 0 Å². The summed E-state index contributed by atoms with van der Waals surface area (Å²) in [5.41, 5.74) is 1.38. The maximum atomic E-state index is 12.7. The van der Waals surface area contributed by atoms with Crippen LogP contribution < -0.4 is 5.32 Å². The largest absolute Gasteiger partial charge is 0.340 e. The van der Waals surface area contributed by atoms with Crippen LogP contribution in [0.25, 0.3) is 0 Å². The van der Waals surface area contributed by atoms with E-state index in [9.17, 15) is 4.79 Å². The molecule has 6 nitrogen and oxygen atoms in total. The molecule has 0 saturated heterocycles. The Kier molecular flexibility index (Phi) is 3.92. The van der Waals surface area contributed by atoms with Crippen LogP contribution in [0, 0.1) is 5.92 Å². The zero-order valence-corrected chi connectivity index (χ0v) is 14.1. The maximum Gasteiger partial charge on any atom is 0.270 e. The topological polar surface area (TPSA) is 72.7 Å². The van der Waals surface area contributed by atoms with Crippen molar-refractivity contribution in [1.82, 2.24) is 25.1 Å². The second kappa shape index (κ2) is 5.76. The van der Waals surface area contributed by atoms with E-state index in [1.54, 1.807) is 30.2 Å². The van der Waals surface area contributed by atoms with E-state index >= 15 is 0 Å². The van der Waals surface area contributed by atoms with Crippen molar-refractivity contribution in [1.29, 1.82) is 0 Å². The summed E-state index contributed by atoms with van der Waals surface area (Å²) in [5.74, 6) is 0.984. The van der Waals surface area contributed by atoms with Gasteiger partial charge in [-0.25, -0.2) is 9.97 Å². The average molecular weight is 313 g/mol. The van der Waals surface area contributed by atoms with Crippen LogP contribution in [0.3, 0.4) is 0 Å². The number of hydrogen-bond donors (Lipinski definition) is 1. The highest BCUT2D eigenvalue weighted by molar-refractivity contribution is 5.93. The van der Waals surface area contributed by atoms with E-state index < -0.39 is 0 Å². The van der Waals surface area contributed by atoms with Gasteiger partial charge in [0, 0.05) is 24.9 Å². The molecule has 1 unspecified atom stereocenters. The fourth-order valence-corrected chi connectivity index (χ4v) is 2.56. The van der Waals surface area contributed by atoms with Gasteiger partial charge < -0.3 is 5.32 Å². The third kappa shape index (κ3) is 3.41. The van der Waals surface area contributed by atoms with E-state index in [1.807, 2.05) is 6.07 Å². The first-order valence-corrected chi connectivity index (χ1v) is 7.98. The van der Waals surface area contributed by atoms with E-state index in [2.05, 4.69) is 41.2 Å². The fraction of sp³-hybridized carbons (Fsp3) is 0.529. The third-order valence-electron chi connectivity index (χ3n) is 4.12. The molecule has 1 fully saturated rings. The molecular formula is C17H23N5O. The molecule has 2 aromatic rings. The monoisotopic (exact) mass is 313 g/mol. The summed E-state index contributed by atoms with van der Waals surface area (Å²) in [4.78, 5) is 21.3. The van der Waals surface area contributed by atoms with Crippen LogP contribution in [0.5, 0.6) is 0 Å². The lowest BCUT2D eigenvalue weighted by molar-refractivity contribution is 0.0920. The second-order valence-corrected chi connectivity index (χ2v) is 7.18. The molecule has 0 aromatic carbocycles. The zero-order chi connectivity index (χ0) is 16.6. The highest BCUT2D eigenvalue weighted by Gasteiger charge is 2.36. The third-order valence-corrected chi connectivity index (χ3v) is 4.12. The Bertz CT molecular complexity index is 698. The van der Waals surface area contributed by atoms with Crippen LogP contribution in [0.15, 0.2) is 24.5 Å². The quantitative estimate of drug-likeness (QED) is 0.940. The van der Waals surface area contributed by atoms with Crippen LogP contribution in [0.4, 0.5) is 0 Å². The van der Waals surface area contributed by atoms with Gasteiger partial charge in [0.1, 0.15) is 5.69 Å². The van der Waals surface area contributed by atoms with Gasteiger partial charge in [-0.1, -0.05) is 20.8 Å².